The lowest BCUT2D eigenvalue weighted by atomic mass is 9.96. The highest BCUT2D eigenvalue weighted by molar-refractivity contribution is 6.28. The summed E-state index contributed by atoms with van der Waals surface area (Å²) in [4.78, 5) is 3.87. The summed E-state index contributed by atoms with van der Waals surface area (Å²) in [7, 11) is 0. The molecule has 4 nitrogen and oxygen atoms in total. The van der Waals surface area contributed by atoms with E-state index < -0.39 is 0 Å². The Labute approximate surface area is 88.1 Å². The molecular formula is C9H13ClN4. The summed E-state index contributed by atoms with van der Waals surface area (Å²) in [6.45, 7) is 0. The van der Waals surface area contributed by atoms with Crippen LogP contribution < -0.4 is 5.32 Å². The summed E-state index contributed by atoms with van der Waals surface area (Å²) >= 11 is 5.54. The van der Waals surface area contributed by atoms with Gasteiger partial charge in [0.25, 0.3) is 0 Å². The summed E-state index contributed by atoms with van der Waals surface area (Å²) in [5.41, 5.74) is 0. The molecule has 0 unspecified atom stereocenters. The van der Waals surface area contributed by atoms with Gasteiger partial charge in [-0.15, -0.1) is 10.2 Å². The molecule has 76 valence electrons. The molecular weight excluding hydrogens is 200 g/mol. The van der Waals surface area contributed by atoms with E-state index in [-0.39, 0.29) is 5.28 Å². The number of aromatic nitrogens is 3. The van der Waals surface area contributed by atoms with Gasteiger partial charge in [-0.3, -0.25) is 0 Å². The predicted molar refractivity (Wildman–Crippen MR) is 55.3 cm³/mol. The van der Waals surface area contributed by atoms with E-state index in [1.54, 1.807) is 6.20 Å². The first kappa shape index (κ1) is 9.65. The Hall–Kier alpha value is -0.900. The fourth-order valence-corrected chi connectivity index (χ4v) is 1.87. The van der Waals surface area contributed by atoms with Crippen molar-refractivity contribution in [1.29, 1.82) is 0 Å². The number of rotatable bonds is 2. The zero-order valence-electron chi connectivity index (χ0n) is 7.91. The van der Waals surface area contributed by atoms with Crippen LogP contribution in [-0.4, -0.2) is 21.2 Å². The summed E-state index contributed by atoms with van der Waals surface area (Å²) in [6, 6.07) is 0.529. The molecule has 0 saturated heterocycles. The van der Waals surface area contributed by atoms with Gasteiger partial charge >= 0.3 is 0 Å². The maximum absolute atomic E-state index is 5.54. The second kappa shape index (κ2) is 4.55. The molecule has 14 heavy (non-hydrogen) atoms. The summed E-state index contributed by atoms with van der Waals surface area (Å²) in [6.07, 6.45) is 8.00. The SMILES string of the molecule is Clc1ncc(NC2CCCCC2)nn1. The molecule has 1 aliphatic rings. The molecule has 1 N–H and O–H groups in total. The van der Waals surface area contributed by atoms with Crippen LogP contribution in [-0.2, 0) is 0 Å². The average Bonchev–Trinajstić information content (AvgIpc) is 2.23. The zero-order valence-corrected chi connectivity index (χ0v) is 8.67. The minimum absolute atomic E-state index is 0.194. The van der Waals surface area contributed by atoms with E-state index in [1.807, 2.05) is 0 Å². The van der Waals surface area contributed by atoms with Gasteiger partial charge in [-0.1, -0.05) is 19.3 Å². The number of anilines is 1. The van der Waals surface area contributed by atoms with Crippen molar-refractivity contribution in [3.05, 3.63) is 11.5 Å². The lowest BCUT2D eigenvalue weighted by molar-refractivity contribution is 0.461. The van der Waals surface area contributed by atoms with Crippen molar-refractivity contribution in [1.82, 2.24) is 15.2 Å². The van der Waals surface area contributed by atoms with Gasteiger partial charge in [-0.05, 0) is 24.4 Å². The third kappa shape index (κ3) is 2.54. The van der Waals surface area contributed by atoms with E-state index in [1.165, 1.54) is 32.1 Å². The van der Waals surface area contributed by atoms with Gasteiger partial charge in [-0.2, -0.15) is 0 Å². The molecule has 0 amide bonds. The van der Waals surface area contributed by atoms with Crippen LogP contribution >= 0.6 is 11.6 Å². The number of halogens is 1. The normalized spacial score (nSPS) is 18.1. The summed E-state index contributed by atoms with van der Waals surface area (Å²) in [5, 5.41) is 11.1. The molecule has 1 heterocycles. The molecule has 0 radical (unpaired) electrons. The van der Waals surface area contributed by atoms with Crippen molar-refractivity contribution < 1.29 is 0 Å². The van der Waals surface area contributed by atoms with Gasteiger partial charge in [0.15, 0.2) is 5.82 Å². The highest BCUT2D eigenvalue weighted by Crippen LogP contribution is 2.20. The van der Waals surface area contributed by atoms with Crippen LogP contribution in [0.3, 0.4) is 0 Å². The Kier molecular flexibility index (Phi) is 3.14. The molecule has 1 saturated carbocycles. The third-order valence-corrected chi connectivity index (χ3v) is 2.66. The predicted octanol–water partition coefficient (Wildman–Crippen LogP) is 2.27. The van der Waals surface area contributed by atoms with Crippen LogP contribution in [0.5, 0.6) is 0 Å². The van der Waals surface area contributed by atoms with Crippen molar-refractivity contribution in [3.63, 3.8) is 0 Å². The second-order valence-electron chi connectivity index (χ2n) is 3.59. The topological polar surface area (TPSA) is 50.7 Å². The molecule has 1 aromatic rings. The molecule has 0 spiro atoms. The van der Waals surface area contributed by atoms with Gasteiger partial charge in [0.1, 0.15) is 0 Å². The van der Waals surface area contributed by atoms with E-state index in [2.05, 4.69) is 20.5 Å². The van der Waals surface area contributed by atoms with Crippen molar-refractivity contribution in [2.75, 3.05) is 5.32 Å². The van der Waals surface area contributed by atoms with E-state index >= 15 is 0 Å². The standard InChI is InChI=1S/C9H13ClN4/c10-9-11-6-8(13-14-9)12-7-4-2-1-3-5-7/h6-7H,1-5H2,(H,12,13). The van der Waals surface area contributed by atoms with Gasteiger partial charge in [0.2, 0.25) is 5.28 Å². The molecule has 5 heteroatoms. The molecule has 1 fully saturated rings. The molecule has 1 aromatic heterocycles. The minimum Gasteiger partial charge on any atom is -0.365 e. The highest BCUT2D eigenvalue weighted by Gasteiger charge is 2.13. The lowest BCUT2D eigenvalue weighted by Gasteiger charge is -2.22. The maximum Gasteiger partial charge on any atom is 0.243 e. The molecule has 2 rings (SSSR count). The number of hydrogen-bond acceptors (Lipinski definition) is 4. The van der Waals surface area contributed by atoms with Crippen LogP contribution in [0.25, 0.3) is 0 Å². The van der Waals surface area contributed by atoms with Crippen molar-refractivity contribution in [3.8, 4) is 0 Å². The molecule has 1 aliphatic carbocycles. The first-order valence-corrected chi connectivity index (χ1v) is 5.34. The Balaban J connectivity index is 1.92. The van der Waals surface area contributed by atoms with Crippen LogP contribution in [0.2, 0.25) is 5.28 Å². The Morgan fingerprint density at radius 3 is 2.64 bits per heavy atom. The van der Waals surface area contributed by atoms with Crippen LogP contribution in [0.15, 0.2) is 6.20 Å². The number of nitrogens with zero attached hydrogens (tertiary/aromatic N) is 3. The van der Waals surface area contributed by atoms with E-state index in [0.29, 0.717) is 6.04 Å². The fraction of sp³-hybridized carbons (Fsp3) is 0.667. The van der Waals surface area contributed by atoms with Gasteiger partial charge in [0, 0.05) is 6.04 Å². The number of nitrogens with one attached hydrogen (secondary N) is 1. The average molecular weight is 213 g/mol. The first-order valence-electron chi connectivity index (χ1n) is 4.96. The fourth-order valence-electron chi connectivity index (χ4n) is 1.78. The lowest BCUT2D eigenvalue weighted by Crippen LogP contribution is -2.23. The van der Waals surface area contributed by atoms with Crippen molar-refractivity contribution in [2.24, 2.45) is 0 Å². The van der Waals surface area contributed by atoms with Crippen LogP contribution in [0.4, 0.5) is 5.82 Å². The van der Waals surface area contributed by atoms with E-state index in [0.717, 1.165) is 5.82 Å². The molecule has 0 bridgehead atoms. The summed E-state index contributed by atoms with van der Waals surface area (Å²) < 4.78 is 0. The van der Waals surface area contributed by atoms with Crippen molar-refractivity contribution in [2.45, 2.75) is 38.1 Å². The van der Waals surface area contributed by atoms with Gasteiger partial charge < -0.3 is 5.32 Å². The molecule has 0 atom stereocenters. The Morgan fingerprint density at radius 2 is 2.00 bits per heavy atom. The molecule has 0 aromatic carbocycles. The van der Waals surface area contributed by atoms with Crippen LogP contribution in [0.1, 0.15) is 32.1 Å². The van der Waals surface area contributed by atoms with E-state index in [4.69, 9.17) is 11.6 Å². The first-order chi connectivity index (χ1) is 6.84. The zero-order chi connectivity index (χ0) is 9.80. The highest BCUT2D eigenvalue weighted by atomic mass is 35.5. The Morgan fingerprint density at radius 1 is 1.21 bits per heavy atom. The Bertz CT molecular complexity index is 281. The maximum atomic E-state index is 5.54. The molecule has 0 aliphatic heterocycles. The van der Waals surface area contributed by atoms with Gasteiger partial charge in [-0.25, -0.2) is 4.98 Å². The summed E-state index contributed by atoms with van der Waals surface area (Å²) in [5.74, 6) is 0.723. The minimum atomic E-state index is 0.194. The monoisotopic (exact) mass is 212 g/mol. The van der Waals surface area contributed by atoms with Gasteiger partial charge in [0.05, 0.1) is 6.20 Å². The van der Waals surface area contributed by atoms with Crippen molar-refractivity contribution >= 4 is 17.4 Å². The largest absolute Gasteiger partial charge is 0.365 e. The number of hydrogen-bond donors (Lipinski definition) is 1. The smallest absolute Gasteiger partial charge is 0.243 e. The van der Waals surface area contributed by atoms with E-state index in [9.17, 15) is 0 Å². The third-order valence-electron chi connectivity index (χ3n) is 2.49. The second-order valence-corrected chi connectivity index (χ2v) is 3.93. The van der Waals surface area contributed by atoms with Crippen LogP contribution in [0, 0.1) is 0 Å². The quantitative estimate of drug-likeness (QED) is 0.817.